The van der Waals surface area contributed by atoms with Gasteiger partial charge in [0, 0.05) is 18.4 Å². The molecule has 6 nitrogen and oxygen atoms in total. The van der Waals surface area contributed by atoms with E-state index in [-0.39, 0.29) is 17.9 Å². The lowest BCUT2D eigenvalue weighted by Crippen LogP contribution is -2.31. The van der Waals surface area contributed by atoms with Crippen molar-refractivity contribution < 1.29 is 19.0 Å². The van der Waals surface area contributed by atoms with Gasteiger partial charge in [0.2, 0.25) is 0 Å². The van der Waals surface area contributed by atoms with E-state index >= 15 is 0 Å². The molecule has 1 aliphatic rings. The highest BCUT2D eigenvalue weighted by molar-refractivity contribution is 5.91. The lowest BCUT2D eigenvalue weighted by Gasteiger charge is -2.26. The number of carbonyl (C=O) groups is 1. The number of hydrogen-bond donors (Lipinski definition) is 0. The molecule has 5 rings (SSSR count). The number of carbonyl (C=O) groups excluding carboxylic acids is 1. The fraction of sp³-hybridized carbons (Fsp3) is 0.214. The third-order valence-electron chi connectivity index (χ3n) is 6.29. The summed E-state index contributed by atoms with van der Waals surface area (Å²) in [7, 11) is 3.31. The van der Waals surface area contributed by atoms with Crippen LogP contribution in [0.15, 0.2) is 71.5 Å². The molecule has 1 aliphatic heterocycles. The molecule has 0 spiro atoms. The number of nitrogens with zero attached hydrogens (tertiary/aromatic N) is 1. The van der Waals surface area contributed by atoms with Crippen LogP contribution < -0.4 is 19.8 Å². The molecule has 34 heavy (non-hydrogen) atoms. The molecule has 4 aromatic rings. The van der Waals surface area contributed by atoms with Crippen molar-refractivity contribution in [1.82, 2.24) is 4.57 Å². The normalized spacial score (nSPS) is 15.0. The molecule has 0 saturated heterocycles. The Morgan fingerprint density at radius 3 is 2.62 bits per heavy atom. The van der Waals surface area contributed by atoms with Crippen molar-refractivity contribution in [2.45, 2.75) is 25.9 Å². The van der Waals surface area contributed by atoms with Crippen LogP contribution >= 0.6 is 0 Å². The minimum atomic E-state index is -0.445. The predicted octanol–water partition coefficient (Wildman–Crippen LogP) is 4.88. The Hall–Kier alpha value is -4.06. The summed E-state index contributed by atoms with van der Waals surface area (Å²) in [4.78, 5) is 25.9. The molecule has 1 unspecified atom stereocenters. The van der Waals surface area contributed by atoms with Gasteiger partial charge in [-0.15, -0.1) is 0 Å². The molecule has 3 aromatic carbocycles. The summed E-state index contributed by atoms with van der Waals surface area (Å²) in [5, 5.41) is 0.739. The van der Waals surface area contributed by atoms with Crippen molar-refractivity contribution in [2.24, 2.45) is 7.05 Å². The molecule has 1 atom stereocenters. The van der Waals surface area contributed by atoms with Crippen LogP contribution in [-0.2, 0) is 18.4 Å². The largest absolute Gasteiger partial charge is 0.493 e. The molecule has 6 heteroatoms. The van der Waals surface area contributed by atoms with Crippen LogP contribution in [0.2, 0.25) is 0 Å². The molecular formula is C28H25NO5. The number of para-hydroxylation sites is 1. The van der Waals surface area contributed by atoms with Gasteiger partial charge in [-0.05, 0) is 42.3 Å². The van der Waals surface area contributed by atoms with Crippen molar-refractivity contribution in [3.05, 3.63) is 99.3 Å². The Morgan fingerprint density at radius 2 is 1.82 bits per heavy atom. The number of methoxy groups -OCH3 is 1. The molecule has 0 radical (unpaired) electrons. The van der Waals surface area contributed by atoms with E-state index < -0.39 is 5.92 Å². The van der Waals surface area contributed by atoms with Crippen LogP contribution in [0.5, 0.6) is 17.2 Å². The number of benzene rings is 3. The Balaban J connectivity index is 1.55. The zero-order valence-electron chi connectivity index (χ0n) is 19.3. The smallest absolute Gasteiger partial charge is 0.312 e. The summed E-state index contributed by atoms with van der Waals surface area (Å²) < 4.78 is 18.8. The van der Waals surface area contributed by atoms with Gasteiger partial charge in [-0.1, -0.05) is 48.0 Å². The summed E-state index contributed by atoms with van der Waals surface area (Å²) in [5.74, 6) is 0.675. The van der Waals surface area contributed by atoms with E-state index in [9.17, 15) is 9.59 Å². The molecule has 0 N–H and O–H groups in total. The lowest BCUT2D eigenvalue weighted by atomic mass is 9.86. The van der Waals surface area contributed by atoms with Crippen LogP contribution in [0, 0.1) is 6.92 Å². The first-order chi connectivity index (χ1) is 16.5. The van der Waals surface area contributed by atoms with E-state index in [1.165, 1.54) is 5.56 Å². The maximum absolute atomic E-state index is 13.3. The van der Waals surface area contributed by atoms with Gasteiger partial charge in [-0.25, -0.2) is 0 Å². The number of rotatable bonds is 5. The third-order valence-corrected chi connectivity index (χ3v) is 6.29. The van der Waals surface area contributed by atoms with Crippen LogP contribution in [-0.4, -0.2) is 17.6 Å². The molecule has 0 aliphatic carbocycles. The first kappa shape index (κ1) is 21.8. The van der Waals surface area contributed by atoms with Crippen LogP contribution in [0.25, 0.3) is 10.9 Å². The molecule has 0 bridgehead atoms. The Labute approximate surface area is 197 Å². The zero-order chi connectivity index (χ0) is 23.8. The van der Waals surface area contributed by atoms with Gasteiger partial charge in [0.15, 0.2) is 11.5 Å². The van der Waals surface area contributed by atoms with Crippen molar-refractivity contribution >= 4 is 16.9 Å². The second kappa shape index (κ2) is 8.71. The third kappa shape index (κ3) is 3.81. The van der Waals surface area contributed by atoms with E-state index in [0.717, 1.165) is 22.0 Å². The van der Waals surface area contributed by atoms with E-state index in [4.69, 9.17) is 14.2 Å². The number of ether oxygens (including phenoxy) is 3. The van der Waals surface area contributed by atoms with Crippen LogP contribution in [0.4, 0.5) is 0 Å². The molecule has 0 saturated carbocycles. The van der Waals surface area contributed by atoms with Crippen molar-refractivity contribution in [1.29, 1.82) is 0 Å². The van der Waals surface area contributed by atoms with Crippen molar-refractivity contribution in [2.75, 3.05) is 7.11 Å². The van der Waals surface area contributed by atoms with E-state index in [1.807, 2.05) is 67.6 Å². The average molecular weight is 456 g/mol. The van der Waals surface area contributed by atoms with Crippen LogP contribution in [0.1, 0.15) is 34.6 Å². The van der Waals surface area contributed by atoms with Gasteiger partial charge >= 0.3 is 5.97 Å². The Kier molecular flexibility index (Phi) is 5.57. The van der Waals surface area contributed by atoms with E-state index in [1.54, 1.807) is 18.7 Å². The summed E-state index contributed by atoms with van der Waals surface area (Å²) in [5.41, 5.74) is 4.05. The molecule has 2 heterocycles. The summed E-state index contributed by atoms with van der Waals surface area (Å²) in [6.45, 7) is 2.45. The van der Waals surface area contributed by atoms with Crippen LogP contribution in [0.3, 0.4) is 0 Å². The average Bonchev–Trinajstić information content (AvgIpc) is 2.85. The SMILES string of the molecule is COc1cc(C2CC(=O)Oc3c2c(=O)n(C)c2ccccc32)ccc1OCc1cccc(C)c1. The fourth-order valence-corrected chi connectivity index (χ4v) is 4.60. The van der Waals surface area contributed by atoms with E-state index in [0.29, 0.717) is 29.4 Å². The second-order valence-corrected chi connectivity index (χ2v) is 8.54. The fourth-order valence-electron chi connectivity index (χ4n) is 4.60. The van der Waals surface area contributed by atoms with Gasteiger partial charge in [0.1, 0.15) is 12.4 Å². The van der Waals surface area contributed by atoms with Gasteiger partial charge < -0.3 is 18.8 Å². The molecule has 1 aromatic heterocycles. The number of fused-ring (bicyclic) bond motifs is 3. The monoisotopic (exact) mass is 455 g/mol. The highest BCUT2D eigenvalue weighted by Gasteiger charge is 2.34. The molecule has 0 fully saturated rings. The predicted molar refractivity (Wildman–Crippen MR) is 130 cm³/mol. The first-order valence-corrected chi connectivity index (χ1v) is 11.1. The minimum Gasteiger partial charge on any atom is -0.493 e. The lowest BCUT2D eigenvalue weighted by molar-refractivity contribution is -0.135. The van der Waals surface area contributed by atoms with Crippen molar-refractivity contribution in [3.63, 3.8) is 0 Å². The number of esters is 1. The molecular weight excluding hydrogens is 430 g/mol. The highest BCUT2D eigenvalue weighted by Crippen LogP contribution is 2.42. The topological polar surface area (TPSA) is 66.8 Å². The summed E-state index contributed by atoms with van der Waals surface area (Å²) in [6.07, 6.45) is 0.0766. The molecule has 0 amide bonds. The van der Waals surface area contributed by atoms with E-state index in [2.05, 4.69) is 6.07 Å². The Bertz CT molecular complexity index is 1470. The maximum Gasteiger partial charge on any atom is 0.312 e. The Morgan fingerprint density at radius 1 is 1.00 bits per heavy atom. The number of hydrogen-bond acceptors (Lipinski definition) is 5. The molecule has 172 valence electrons. The van der Waals surface area contributed by atoms with Gasteiger partial charge in [-0.2, -0.15) is 0 Å². The summed E-state index contributed by atoms with van der Waals surface area (Å²) >= 11 is 0. The number of aryl methyl sites for hydroxylation is 2. The van der Waals surface area contributed by atoms with Gasteiger partial charge in [0.25, 0.3) is 5.56 Å². The van der Waals surface area contributed by atoms with Gasteiger partial charge in [-0.3, -0.25) is 9.59 Å². The van der Waals surface area contributed by atoms with Crippen molar-refractivity contribution in [3.8, 4) is 17.2 Å². The highest BCUT2D eigenvalue weighted by atomic mass is 16.5. The maximum atomic E-state index is 13.3. The van der Waals surface area contributed by atoms with Gasteiger partial charge in [0.05, 0.1) is 24.6 Å². The zero-order valence-corrected chi connectivity index (χ0v) is 19.3. The summed E-state index contributed by atoms with van der Waals surface area (Å²) in [6, 6.07) is 21.1. The minimum absolute atomic E-state index is 0.0766. The number of pyridine rings is 1. The standard InChI is InChI=1S/C28H25NO5/c1-17-7-6-8-18(13-17)16-33-23-12-11-19(14-24(23)32-3)21-15-25(30)34-27-20-9-4-5-10-22(20)29(2)28(31)26(21)27/h4-14,21H,15-16H2,1-3H3. The first-order valence-electron chi connectivity index (χ1n) is 11.1. The second-order valence-electron chi connectivity index (χ2n) is 8.54. The quantitative estimate of drug-likeness (QED) is 0.402. The number of aromatic nitrogens is 1.